The Morgan fingerprint density at radius 1 is 1.55 bits per heavy atom. The first-order chi connectivity index (χ1) is 10.5. The molecule has 0 bridgehead atoms. The molecule has 0 fully saturated rings. The molecule has 0 saturated heterocycles. The maximum absolute atomic E-state index is 12.1. The van der Waals surface area contributed by atoms with E-state index in [9.17, 15) is 9.59 Å². The molecule has 0 spiro atoms. The highest BCUT2D eigenvalue weighted by Gasteiger charge is 2.27. The van der Waals surface area contributed by atoms with Crippen LogP contribution in [0.3, 0.4) is 0 Å². The molecule has 2 aromatic rings. The third-order valence-electron chi connectivity index (χ3n) is 3.03. The number of carbonyl (C=O) groups excluding carboxylic acids is 2. The van der Waals surface area contributed by atoms with Gasteiger partial charge in [-0.3, -0.25) is 14.5 Å². The molecule has 1 N–H and O–H groups in total. The fourth-order valence-corrected chi connectivity index (χ4v) is 3.11. The number of benzene rings is 1. The van der Waals surface area contributed by atoms with Crippen LogP contribution in [0, 0.1) is 6.92 Å². The van der Waals surface area contributed by atoms with Crippen molar-refractivity contribution in [2.45, 2.75) is 6.92 Å². The summed E-state index contributed by atoms with van der Waals surface area (Å²) in [5.74, 6) is 0.0330. The maximum atomic E-state index is 12.1. The van der Waals surface area contributed by atoms with Crippen LogP contribution in [0.5, 0.6) is 5.75 Å². The van der Waals surface area contributed by atoms with Crippen LogP contribution in [0.2, 0.25) is 0 Å². The van der Waals surface area contributed by atoms with E-state index in [0.717, 1.165) is 10.2 Å². The molecule has 0 radical (unpaired) electrons. The highest BCUT2D eigenvalue weighted by Crippen LogP contribution is 2.34. The van der Waals surface area contributed by atoms with Gasteiger partial charge in [-0.2, -0.15) is 0 Å². The van der Waals surface area contributed by atoms with Crippen LogP contribution in [0.15, 0.2) is 28.1 Å². The molecule has 0 atom stereocenters. The Kier molecular flexibility index (Phi) is 4.12. The molecule has 1 aromatic carbocycles. The molecule has 1 aromatic heterocycles. The lowest BCUT2D eigenvalue weighted by Gasteiger charge is -2.28. The van der Waals surface area contributed by atoms with Gasteiger partial charge in [0, 0.05) is 9.85 Å². The number of anilines is 2. The minimum absolute atomic E-state index is 0.0740. The Morgan fingerprint density at radius 2 is 2.36 bits per heavy atom. The van der Waals surface area contributed by atoms with Crippen molar-refractivity contribution >= 4 is 49.9 Å². The molecule has 6 nitrogen and oxygen atoms in total. The van der Waals surface area contributed by atoms with Gasteiger partial charge in [0.15, 0.2) is 11.7 Å². The van der Waals surface area contributed by atoms with Gasteiger partial charge in [-0.25, -0.2) is 4.98 Å². The van der Waals surface area contributed by atoms with Crippen molar-refractivity contribution in [2.24, 2.45) is 0 Å². The van der Waals surface area contributed by atoms with E-state index < -0.39 is 0 Å². The summed E-state index contributed by atoms with van der Waals surface area (Å²) < 4.78 is 6.24. The molecule has 114 valence electrons. The summed E-state index contributed by atoms with van der Waals surface area (Å²) in [4.78, 5) is 29.7. The molecule has 22 heavy (non-hydrogen) atoms. The van der Waals surface area contributed by atoms with Crippen molar-refractivity contribution in [3.8, 4) is 5.75 Å². The zero-order chi connectivity index (χ0) is 15.7. The van der Waals surface area contributed by atoms with E-state index in [0.29, 0.717) is 16.6 Å². The second-order valence-electron chi connectivity index (χ2n) is 4.72. The third kappa shape index (κ3) is 3.12. The molecule has 0 aliphatic carbocycles. The number of amides is 2. The predicted molar refractivity (Wildman–Crippen MR) is 87.5 cm³/mol. The van der Waals surface area contributed by atoms with Crippen LogP contribution in [0.4, 0.5) is 10.8 Å². The fourth-order valence-electron chi connectivity index (χ4n) is 2.07. The smallest absolute Gasteiger partial charge is 0.265 e. The van der Waals surface area contributed by atoms with E-state index in [-0.39, 0.29) is 25.0 Å². The first kappa shape index (κ1) is 15.0. The second-order valence-corrected chi connectivity index (χ2v) is 6.50. The number of ether oxygens (including phenoxy) is 1. The third-order valence-corrected chi connectivity index (χ3v) is 4.40. The van der Waals surface area contributed by atoms with Crippen molar-refractivity contribution < 1.29 is 14.3 Å². The van der Waals surface area contributed by atoms with Gasteiger partial charge in [0.1, 0.15) is 12.3 Å². The summed E-state index contributed by atoms with van der Waals surface area (Å²) in [7, 11) is 0. The SMILES string of the molecule is Cc1csc(NC(=O)CN2C(=O)COc3cc(Br)ccc32)n1. The number of hydrogen-bond donors (Lipinski definition) is 1. The monoisotopic (exact) mass is 381 g/mol. The minimum Gasteiger partial charge on any atom is -0.482 e. The average molecular weight is 382 g/mol. The summed E-state index contributed by atoms with van der Waals surface area (Å²) in [5, 5.41) is 5.07. The molecule has 2 heterocycles. The largest absolute Gasteiger partial charge is 0.482 e. The summed E-state index contributed by atoms with van der Waals surface area (Å²) in [6, 6.07) is 5.32. The first-order valence-electron chi connectivity index (χ1n) is 6.47. The van der Waals surface area contributed by atoms with Crippen LogP contribution in [-0.2, 0) is 9.59 Å². The topological polar surface area (TPSA) is 71.5 Å². The Morgan fingerprint density at radius 3 is 3.09 bits per heavy atom. The van der Waals surface area contributed by atoms with E-state index in [1.165, 1.54) is 16.2 Å². The summed E-state index contributed by atoms with van der Waals surface area (Å²) in [5.41, 5.74) is 1.43. The Labute approximate surface area is 139 Å². The minimum atomic E-state index is -0.293. The molecule has 0 saturated carbocycles. The number of aromatic nitrogens is 1. The lowest BCUT2D eigenvalue weighted by Crippen LogP contribution is -2.43. The molecule has 0 unspecified atom stereocenters. The van der Waals surface area contributed by atoms with Crippen LogP contribution in [-0.4, -0.2) is 29.9 Å². The normalized spacial score (nSPS) is 13.5. The summed E-state index contributed by atoms with van der Waals surface area (Å²) in [6.07, 6.45) is 0. The van der Waals surface area contributed by atoms with Gasteiger partial charge in [0.2, 0.25) is 5.91 Å². The summed E-state index contributed by atoms with van der Waals surface area (Å²) in [6.45, 7) is 1.70. The lowest BCUT2D eigenvalue weighted by atomic mass is 10.2. The number of aryl methyl sites for hydroxylation is 1. The molecule has 2 amide bonds. The van der Waals surface area contributed by atoms with Crippen molar-refractivity contribution in [3.05, 3.63) is 33.7 Å². The number of carbonyl (C=O) groups is 2. The van der Waals surface area contributed by atoms with Crippen molar-refractivity contribution in [1.29, 1.82) is 0 Å². The molecular weight excluding hydrogens is 370 g/mol. The van der Waals surface area contributed by atoms with Crippen LogP contribution >= 0.6 is 27.3 Å². The van der Waals surface area contributed by atoms with Crippen molar-refractivity contribution in [3.63, 3.8) is 0 Å². The molecular formula is C14H12BrN3O3S. The number of nitrogens with zero attached hydrogens (tertiary/aromatic N) is 2. The van der Waals surface area contributed by atoms with E-state index in [2.05, 4.69) is 26.2 Å². The number of halogens is 1. The predicted octanol–water partition coefficient (Wildman–Crippen LogP) is 2.58. The van der Waals surface area contributed by atoms with E-state index in [1.54, 1.807) is 18.2 Å². The zero-order valence-corrected chi connectivity index (χ0v) is 14.0. The Bertz CT molecular complexity index is 747. The van der Waals surface area contributed by atoms with Gasteiger partial charge in [-0.15, -0.1) is 11.3 Å². The molecule has 3 rings (SSSR count). The first-order valence-corrected chi connectivity index (χ1v) is 8.15. The van der Waals surface area contributed by atoms with Gasteiger partial charge in [-0.1, -0.05) is 15.9 Å². The summed E-state index contributed by atoms with van der Waals surface area (Å²) >= 11 is 4.70. The Hall–Kier alpha value is -1.93. The zero-order valence-electron chi connectivity index (χ0n) is 11.6. The maximum Gasteiger partial charge on any atom is 0.265 e. The molecule has 1 aliphatic heterocycles. The van der Waals surface area contributed by atoms with E-state index in [4.69, 9.17) is 4.74 Å². The quantitative estimate of drug-likeness (QED) is 0.886. The number of thiazole rings is 1. The number of hydrogen-bond acceptors (Lipinski definition) is 5. The van der Waals surface area contributed by atoms with E-state index >= 15 is 0 Å². The van der Waals surface area contributed by atoms with Gasteiger partial charge in [0.05, 0.1) is 11.4 Å². The number of rotatable bonds is 3. The number of nitrogens with one attached hydrogen (secondary N) is 1. The number of fused-ring (bicyclic) bond motifs is 1. The van der Waals surface area contributed by atoms with Crippen molar-refractivity contribution in [1.82, 2.24) is 4.98 Å². The molecule has 1 aliphatic rings. The second kappa shape index (κ2) is 6.05. The van der Waals surface area contributed by atoms with Gasteiger partial charge >= 0.3 is 0 Å². The van der Waals surface area contributed by atoms with Crippen molar-refractivity contribution in [2.75, 3.05) is 23.4 Å². The lowest BCUT2D eigenvalue weighted by molar-refractivity contribution is -0.123. The van der Waals surface area contributed by atoms with E-state index in [1.807, 2.05) is 12.3 Å². The standard InChI is InChI=1S/C14H12BrN3O3S/c1-8-7-22-14(16-8)17-12(19)5-18-10-3-2-9(15)4-11(10)21-6-13(18)20/h2-4,7H,5-6H2,1H3,(H,16,17,19). The van der Waals surface area contributed by atoms with Gasteiger partial charge in [0.25, 0.3) is 5.91 Å². The Balaban J connectivity index is 1.77. The fraction of sp³-hybridized carbons (Fsp3) is 0.214. The van der Waals surface area contributed by atoms with Crippen LogP contribution in [0.1, 0.15) is 5.69 Å². The highest BCUT2D eigenvalue weighted by atomic mass is 79.9. The molecule has 8 heteroatoms. The van der Waals surface area contributed by atoms with Crippen LogP contribution < -0.4 is 15.0 Å². The van der Waals surface area contributed by atoms with Crippen LogP contribution in [0.25, 0.3) is 0 Å². The average Bonchev–Trinajstić information content (AvgIpc) is 2.87. The van der Waals surface area contributed by atoms with Gasteiger partial charge in [-0.05, 0) is 25.1 Å². The van der Waals surface area contributed by atoms with Gasteiger partial charge < -0.3 is 10.1 Å². The highest BCUT2D eigenvalue weighted by molar-refractivity contribution is 9.10.